The van der Waals surface area contributed by atoms with E-state index in [2.05, 4.69) is 5.10 Å². The summed E-state index contributed by atoms with van der Waals surface area (Å²) < 4.78 is 1.28. The zero-order valence-corrected chi connectivity index (χ0v) is 8.38. The minimum absolute atomic E-state index is 0.129. The third-order valence-electron chi connectivity index (χ3n) is 1.97. The number of carboxylic acids is 1. The molecule has 0 aromatic carbocycles. The lowest BCUT2D eigenvalue weighted by Gasteiger charge is -2.01. The summed E-state index contributed by atoms with van der Waals surface area (Å²) >= 11 is 0. The first-order valence-corrected chi connectivity index (χ1v) is 4.33. The first kappa shape index (κ1) is 11.2. The lowest BCUT2D eigenvalue weighted by molar-refractivity contribution is -0.390. The predicted molar refractivity (Wildman–Crippen MR) is 50.4 cm³/mol. The maximum Gasteiger partial charge on any atom is 0.392 e. The Bertz CT molecular complexity index is 399. The third-order valence-corrected chi connectivity index (χ3v) is 1.97. The fraction of sp³-hybridized carbons (Fsp3) is 0.500. The summed E-state index contributed by atoms with van der Waals surface area (Å²) in [6.45, 7) is 3.21. The fourth-order valence-electron chi connectivity index (χ4n) is 1.14. The van der Waals surface area contributed by atoms with Gasteiger partial charge in [0.05, 0.1) is 29.3 Å². The van der Waals surface area contributed by atoms with E-state index in [0.717, 1.165) is 0 Å². The Morgan fingerprint density at radius 2 is 2.40 bits per heavy atom. The van der Waals surface area contributed by atoms with E-state index in [0.29, 0.717) is 5.56 Å². The Kier molecular flexibility index (Phi) is 3.03. The molecule has 1 rings (SSSR count). The number of aliphatic carboxylic acids is 1. The Labute approximate surface area is 85.5 Å². The largest absolute Gasteiger partial charge is 0.481 e. The molecule has 0 saturated heterocycles. The van der Waals surface area contributed by atoms with Gasteiger partial charge < -0.3 is 15.2 Å². The zero-order chi connectivity index (χ0) is 11.6. The Morgan fingerprint density at radius 3 is 2.80 bits per heavy atom. The highest BCUT2D eigenvalue weighted by Gasteiger charge is 2.20. The molecule has 1 unspecified atom stereocenters. The highest BCUT2D eigenvalue weighted by Crippen LogP contribution is 2.14. The lowest BCUT2D eigenvalue weighted by atomic mass is 10.2. The molecule has 0 aliphatic heterocycles. The predicted octanol–water partition coefficient (Wildman–Crippen LogP) is 0.820. The number of aryl methyl sites for hydroxylation is 1. The molecule has 0 saturated carbocycles. The number of rotatable bonds is 4. The average molecular weight is 213 g/mol. The molecule has 0 aliphatic carbocycles. The maximum atomic E-state index is 10.6. The first-order chi connectivity index (χ1) is 6.91. The van der Waals surface area contributed by atoms with Gasteiger partial charge in [0.25, 0.3) is 0 Å². The molecule has 1 heterocycles. The highest BCUT2D eigenvalue weighted by molar-refractivity contribution is 5.69. The van der Waals surface area contributed by atoms with Crippen molar-refractivity contribution in [2.45, 2.75) is 20.4 Å². The van der Waals surface area contributed by atoms with Gasteiger partial charge in [0.2, 0.25) is 0 Å². The van der Waals surface area contributed by atoms with E-state index in [1.54, 1.807) is 6.92 Å². The Hall–Kier alpha value is -1.92. The van der Waals surface area contributed by atoms with Crippen LogP contribution in [0, 0.1) is 23.0 Å². The molecule has 0 spiro atoms. The van der Waals surface area contributed by atoms with Crippen molar-refractivity contribution in [3.8, 4) is 0 Å². The van der Waals surface area contributed by atoms with Gasteiger partial charge in [0.15, 0.2) is 0 Å². The summed E-state index contributed by atoms with van der Waals surface area (Å²) in [4.78, 5) is 20.4. The molecule has 0 aliphatic rings. The molecule has 1 aromatic heterocycles. The van der Waals surface area contributed by atoms with Crippen LogP contribution in [0.25, 0.3) is 0 Å². The summed E-state index contributed by atoms with van der Waals surface area (Å²) in [6.07, 6.45) is 1.47. The number of hydrogen-bond acceptors (Lipinski definition) is 4. The molecule has 15 heavy (non-hydrogen) atoms. The molecule has 1 atom stereocenters. The van der Waals surface area contributed by atoms with Gasteiger partial charge in [0, 0.05) is 0 Å². The number of carbonyl (C=O) groups is 1. The van der Waals surface area contributed by atoms with Crippen molar-refractivity contribution < 1.29 is 14.8 Å². The van der Waals surface area contributed by atoms with Gasteiger partial charge in [-0.15, -0.1) is 0 Å². The topological polar surface area (TPSA) is 98.3 Å². The highest BCUT2D eigenvalue weighted by atomic mass is 16.6. The maximum absolute atomic E-state index is 10.6. The van der Waals surface area contributed by atoms with E-state index in [-0.39, 0.29) is 12.4 Å². The third kappa shape index (κ3) is 2.52. The smallest absolute Gasteiger partial charge is 0.392 e. The molecule has 82 valence electrons. The van der Waals surface area contributed by atoms with Crippen LogP contribution in [0.4, 0.5) is 5.82 Å². The summed E-state index contributed by atoms with van der Waals surface area (Å²) in [6, 6.07) is 0. The first-order valence-electron chi connectivity index (χ1n) is 4.33. The number of carboxylic acid groups (broad SMARTS) is 1. The van der Waals surface area contributed by atoms with Gasteiger partial charge in [-0.2, -0.15) is 4.68 Å². The molecule has 0 amide bonds. The van der Waals surface area contributed by atoms with E-state index in [1.165, 1.54) is 17.8 Å². The van der Waals surface area contributed by atoms with Crippen LogP contribution in [-0.4, -0.2) is 25.8 Å². The van der Waals surface area contributed by atoms with Crippen molar-refractivity contribution in [1.29, 1.82) is 0 Å². The van der Waals surface area contributed by atoms with Crippen LogP contribution >= 0.6 is 0 Å². The minimum atomic E-state index is -0.953. The summed E-state index contributed by atoms with van der Waals surface area (Å²) in [5.41, 5.74) is 0.428. The number of hydrogen-bond donors (Lipinski definition) is 1. The quantitative estimate of drug-likeness (QED) is 0.589. The van der Waals surface area contributed by atoms with Crippen molar-refractivity contribution in [1.82, 2.24) is 9.78 Å². The average Bonchev–Trinajstić information content (AvgIpc) is 2.46. The van der Waals surface area contributed by atoms with Crippen LogP contribution in [0.2, 0.25) is 0 Å². The summed E-state index contributed by atoms with van der Waals surface area (Å²) in [7, 11) is 0. The second kappa shape index (κ2) is 4.07. The van der Waals surface area contributed by atoms with Crippen molar-refractivity contribution in [2.75, 3.05) is 0 Å². The molecule has 7 nitrogen and oxygen atoms in total. The number of aromatic nitrogens is 2. The normalized spacial score (nSPS) is 12.4. The number of nitro groups is 1. The molecule has 0 radical (unpaired) electrons. The summed E-state index contributed by atoms with van der Waals surface area (Å²) in [5.74, 6) is -1.80. The summed E-state index contributed by atoms with van der Waals surface area (Å²) in [5, 5.41) is 22.8. The van der Waals surface area contributed by atoms with Gasteiger partial charge in [-0.3, -0.25) is 4.79 Å². The van der Waals surface area contributed by atoms with Crippen molar-refractivity contribution in [3.63, 3.8) is 0 Å². The van der Waals surface area contributed by atoms with Crippen LogP contribution in [0.5, 0.6) is 0 Å². The second-order valence-electron chi connectivity index (χ2n) is 3.35. The standard InChI is InChI=1S/C8H11N3O4/c1-5-3-10(4-6(2)8(12)13)9-7(5)11(14)15/h3,6H,4H2,1-2H3,(H,12,13). The fourth-order valence-corrected chi connectivity index (χ4v) is 1.14. The molecule has 1 aromatic rings. The molecule has 0 bridgehead atoms. The van der Waals surface area contributed by atoms with Gasteiger partial charge in [0.1, 0.15) is 0 Å². The molecular weight excluding hydrogens is 202 g/mol. The van der Waals surface area contributed by atoms with E-state index in [1.807, 2.05) is 0 Å². The van der Waals surface area contributed by atoms with Gasteiger partial charge in [-0.05, 0) is 11.8 Å². The molecular formula is C8H11N3O4. The van der Waals surface area contributed by atoms with E-state index < -0.39 is 16.8 Å². The SMILES string of the molecule is Cc1cn(CC(C)C(=O)O)nc1[N+](=O)[O-]. The number of nitrogens with zero attached hydrogens (tertiary/aromatic N) is 3. The molecule has 1 N–H and O–H groups in total. The van der Waals surface area contributed by atoms with Gasteiger partial charge in [-0.25, -0.2) is 0 Å². The Morgan fingerprint density at radius 1 is 1.80 bits per heavy atom. The van der Waals surface area contributed by atoms with Crippen LogP contribution < -0.4 is 0 Å². The van der Waals surface area contributed by atoms with Crippen LogP contribution in [0.15, 0.2) is 6.20 Å². The minimum Gasteiger partial charge on any atom is -0.481 e. The van der Waals surface area contributed by atoms with Crippen molar-refractivity contribution in [3.05, 3.63) is 21.9 Å². The van der Waals surface area contributed by atoms with Gasteiger partial charge >= 0.3 is 11.8 Å². The van der Waals surface area contributed by atoms with E-state index in [4.69, 9.17) is 5.11 Å². The van der Waals surface area contributed by atoms with E-state index >= 15 is 0 Å². The van der Waals surface area contributed by atoms with Crippen LogP contribution in [0.1, 0.15) is 12.5 Å². The molecule has 7 heteroatoms. The van der Waals surface area contributed by atoms with Crippen molar-refractivity contribution in [2.24, 2.45) is 5.92 Å². The van der Waals surface area contributed by atoms with Crippen LogP contribution in [0.3, 0.4) is 0 Å². The van der Waals surface area contributed by atoms with Crippen LogP contribution in [-0.2, 0) is 11.3 Å². The lowest BCUT2D eigenvalue weighted by Crippen LogP contribution is -2.17. The van der Waals surface area contributed by atoms with E-state index in [9.17, 15) is 14.9 Å². The second-order valence-corrected chi connectivity index (χ2v) is 3.35. The zero-order valence-electron chi connectivity index (χ0n) is 8.38. The van der Waals surface area contributed by atoms with Crippen molar-refractivity contribution >= 4 is 11.8 Å². The monoisotopic (exact) mass is 213 g/mol. The molecule has 0 fully saturated rings. The Balaban J connectivity index is 2.84. The van der Waals surface area contributed by atoms with Gasteiger partial charge in [-0.1, -0.05) is 6.92 Å².